The molecule has 0 fully saturated rings. The lowest BCUT2D eigenvalue weighted by molar-refractivity contribution is -0.114. The van der Waals surface area contributed by atoms with Gasteiger partial charge in [-0.3, -0.25) is 9.10 Å². The minimum absolute atomic E-state index is 0.0584. The third-order valence-corrected chi connectivity index (χ3v) is 7.16. The van der Waals surface area contributed by atoms with Crippen molar-refractivity contribution >= 4 is 49.7 Å². The fraction of sp³-hybridized carbons (Fsp3) is 0.0800. The Morgan fingerprint density at radius 3 is 2.28 bits per heavy atom. The van der Waals surface area contributed by atoms with Crippen LogP contribution in [0.25, 0.3) is 10.8 Å². The van der Waals surface area contributed by atoms with E-state index in [1.807, 2.05) is 55.5 Å². The number of anilines is 2. The Morgan fingerprint density at radius 1 is 0.875 bits per heavy atom. The quantitative estimate of drug-likeness (QED) is 0.401. The van der Waals surface area contributed by atoms with Gasteiger partial charge in [0.25, 0.3) is 10.0 Å². The molecule has 0 aliphatic rings. The van der Waals surface area contributed by atoms with Crippen LogP contribution in [0.15, 0.2) is 95.9 Å². The molecule has 0 saturated carbocycles. The van der Waals surface area contributed by atoms with Gasteiger partial charge in [-0.1, -0.05) is 66.2 Å². The fourth-order valence-electron chi connectivity index (χ4n) is 3.53. The largest absolute Gasteiger partial charge is 0.324 e. The SMILES string of the molecule is Cc1ccccc1N(CC(=O)Nc1cccc2ccccc12)S(=O)(=O)c1ccc(Cl)cc1. The van der Waals surface area contributed by atoms with Crippen molar-refractivity contribution in [3.8, 4) is 0 Å². The highest BCUT2D eigenvalue weighted by Gasteiger charge is 2.28. The Kier molecular flexibility index (Phi) is 6.17. The Balaban J connectivity index is 1.70. The van der Waals surface area contributed by atoms with Crippen LogP contribution in [0.1, 0.15) is 5.56 Å². The molecule has 32 heavy (non-hydrogen) atoms. The van der Waals surface area contributed by atoms with Crippen LogP contribution in [0.5, 0.6) is 0 Å². The first-order chi connectivity index (χ1) is 15.4. The number of sulfonamides is 1. The highest BCUT2D eigenvalue weighted by atomic mass is 35.5. The van der Waals surface area contributed by atoms with Gasteiger partial charge < -0.3 is 5.32 Å². The van der Waals surface area contributed by atoms with E-state index >= 15 is 0 Å². The highest BCUT2D eigenvalue weighted by Crippen LogP contribution is 2.28. The van der Waals surface area contributed by atoms with Gasteiger partial charge in [-0.05, 0) is 54.3 Å². The average Bonchev–Trinajstić information content (AvgIpc) is 2.78. The highest BCUT2D eigenvalue weighted by molar-refractivity contribution is 7.92. The van der Waals surface area contributed by atoms with Crippen molar-refractivity contribution in [1.29, 1.82) is 0 Å². The van der Waals surface area contributed by atoms with Crippen LogP contribution in [-0.2, 0) is 14.8 Å². The number of hydrogen-bond acceptors (Lipinski definition) is 3. The second-order valence-corrected chi connectivity index (χ2v) is 9.63. The minimum Gasteiger partial charge on any atom is -0.324 e. The molecular formula is C25H21ClN2O3S. The van der Waals surface area contributed by atoms with E-state index in [0.717, 1.165) is 20.6 Å². The van der Waals surface area contributed by atoms with E-state index in [9.17, 15) is 13.2 Å². The number of amides is 1. The molecule has 0 atom stereocenters. The standard InChI is InChI=1S/C25H21ClN2O3S/c1-18-7-2-5-12-24(18)28(32(30,31)21-15-13-20(26)14-16-21)17-25(29)27-23-11-6-9-19-8-3-4-10-22(19)23/h2-16H,17H2,1H3,(H,27,29). The van der Waals surface area contributed by atoms with Gasteiger partial charge in [-0.2, -0.15) is 0 Å². The second-order valence-electron chi connectivity index (χ2n) is 7.33. The Hall–Kier alpha value is -3.35. The zero-order chi connectivity index (χ0) is 22.7. The number of nitrogens with one attached hydrogen (secondary N) is 1. The molecule has 1 N–H and O–H groups in total. The first-order valence-electron chi connectivity index (χ1n) is 9.98. The average molecular weight is 465 g/mol. The van der Waals surface area contributed by atoms with Gasteiger partial charge in [0, 0.05) is 16.1 Å². The van der Waals surface area contributed by atoms with Crippen molar-refractivity contribution in [3.63, 3.8) is 0 Å². The third kappa shape index (κ3) is 4.47. The minimum atomic E-state index is -4.01. The van der Waals surface area contributed by atoms with Gasteiger partial charge in [-0.25, -0.2) is 8.42 Å². The number of aryl methyl sites for hydroxylation is 1. The maximum absolute atomic E-state index is 13.5. The summed E-state index contributed by atoms with van der Waals surface area (Å²) in [5.74, 6) is -0.442. The van der Waals surface area contributed by atoms with Crippen LogP contribution in [-0.4, -0.2) is 20.9 Å². The summed E-state index contributed by atoms with van der Waals surface area (Å²) in [4.78, 5) is 13.1. The van der Waals surface area contributed by atoms with Gasteiger partial charge in [0.2, 0.25) is 5.91 Å². The molecule has 4 rings (SSSR count). The molecule has 7 heteroatoms. The Labute approximate surface area is 192 Å². The summed E-state index contributed by atoms with van der Waals surface area (Å²) in [7, 11) is -4.01. The molecule has 0 aliphatic carbocycles. The van der Waals surface area contributed by atoms with Crippen molar-refractivity contribution in [1.82, 2.24) is 0 Å². The molecule has 4 aromatic rings. The third-order valence-electron chi connectivity index (χ3n) is 5.14. The number of carbonyl (C=O) groups is 1. The van der Waals surface area contributed by atoms with Gasteiger partial charge in [0.1, 0.15) is 6.54 Å². The maximum atomic E-state index is 13.5. The molecule has 0 aromatic heterocycles. The molecular weight excluding hydrogens is 444 g/mol. The number of para-hydroxylation sites is 1. The van der Waals surface area contributed by atoms with E-state index < -0.39 is 15.9 Å². The van der Waals surface area contributed by atoms with E-state index in [-0.39, 0.29) is 11.4 Å². The molecule has 0 bridgehead atoms. The second kappa shape index (κ2) is 9.02. The summed E-state index contributed by atoms with van der Waals surface area (Å²) < 4.78 is 28.1. The Bertz CT molecular complexity index is 1380. The van der Waals surface area contributed by atoms with E-state index in [0.29, 0.717) is 16.4 Å². The van der Waals surface area contributed by atoms with Crippen molar-refractivity contribution in [2.45, 2.75) is 11.8 Å². The smallest absolute Gasteiger partial charge is 0.264 e. The summed E-state index contributed by atoms with van der Waals surface area (Å²) in [6, 6.07) is 26.2. The van der Waals surface area contributed by atoms with Gasteiger partial charge in [-0.15, -0.1) is 0 Å². The number of fused-ring (bicyclic) bond motifs is 1. The Morgan fingerprint density at radius 2 is 1.53 bits per heavy atom. The molecule has 1 amide bonds. The molecule has 5 nitrogen and oxygen atoms in total. The van der Waals surface area contributed by atoms with E-state index in [2.05, 4.69) is 5.32 Å². The monoisotopic (exact) mass is 464 g/mol. The molecule has 0 saturated heterocycles. The van der Waals surface area contributed by atoms with Crippen LogP contribution in [0.2, 0.25) is 5.02 Å². The van der Waals surface area contributed by atoms with Crippen LogP contribution in [0.4, 0.5) is 11.4 Å². The van der Waals surface area contributed by atoms with Gasteiger partial charge in [0.05, 0.1) is 10.6 Å². The number of carbonyl (C=O) groups excluding carboxylic acids is 1. The summed E-state index contributed by atoms with van der Waals surface area (Å²) in [6.45, 7) is 1.43. The fourth-order valence-corrected chi connectivity index (χ4v) is 5.14. The van der Waals surface area contributed by atoms with Crippen molar-refractivity contribution in [2.75, 3.05) is 16.2 Å². The lowest BCUT2D eigenvalue weighted by Gasteiger charge is -2.25. The van der Waals surface area contributed by atoms with Gasteiger partial charge >= 0.3 is 0 Å². The summed E-state index contributed by atoms with van der Waals surface area (Å²) in [5.41, 5.74) is 1.81. The number of rotatable bonds is 6. The molecule has 0 unspecified atom stereocenters. The molecule has 0 aliphatic heterocycles. The lowest BCUT2D eigenvalue weighted by atomic mass is 10.1. The molecule has 0 radical (unpaired) electrons. The summed E-state index contributed by atoms with van der Waals surface area (Å²) in [5, 5.41) is 5.16. The number of nitrogens with zero attached hydrogens (tertiary/aromatic N) is 1. The molecule has 162 valence electrons. The summed E-state index contributed by atoms with van der Waals surface area (Å²) in [6.07, 6.45) is 0. The zero-order valence-electron chi connectivity index (χ0n) is 17.3. The molecule has 0 spiro atoms. The van der Waals surface area contributed by atoms with Crippen molar-refractivity contribution in [2.24, 2.45) is 0 Å². The molecule has 4 aromatic carbocycles. The first kappa shape index (κ1) is 21.9. The van der Waals surface area contributed by atoms with Crippen LogP contribution in [0.3, 0.4) is 0 Å². The number of halogens is 1. The zero-order valence-corrected chi connectivity index (χ0v) is 18.9. The van der Waals surface area contributed by atoms with Crippen LogP contribution < -0.4 is 9.62 Å². The normalized spacial score (nSPS) is 11.3. The van der Waals surface area contributed by atoms with Crippen LogP contribution in [0, 0.1) is 6.92 Å². The van der Waals surface area contributed by atoms with E-state index in [1.165, 1.54) is 24.3 Å². The van der Waals surface area contributed by atoms with E-state index in [4.69, 9.17) is 11.6 Å². The predicted molar refractivity (Wildman–Crippen MR) is 130 cm³/mol. The maximum Gasteiger partial charge on any atom is 0.264 e. The predicted octanol–water partition coefficient (Wildman–Crippen LogP) is 5.64. The van der Waals surface area contributed by atoms with Gasteiger partial charge in [0.15, 0.2) is 0 Å². The number of benzene rings is 4. The first-order valence-corrected chi connectivity index (χ1v) is 11.8. The van der Waals surface area contributed by atoms with Crippen molar-refractivity contribution < 1.29 is 13.2 Å². The van der Waals surface area contributed by atoms with E-state index in [1.54, 1.807) is 18.2 Å². The van der Waals surface area contributed by atoms with Crippen molar-refractivity contribution in [3.05, 3.63) is 102 Å². The molecule has 0 heterocycles. The number of hydrogen-bond donors (Lipinski definition) is 1. The van der Waals surface area contributed by atoms with Crippen LogP contribution >= 0.6 is 11.6 Å². The summed E-state index contributed by atoms with van der Waals surface area (Å²) >= 11 is 5.93. The lowest BCUT2D eigenvalue weighted by Crippen LogP contribution is -2.38. The topological polar surface area (TPSA) is 66.5 Å².